The van der Waals surface area contributed by atoms with Gasteiger partial charge in [0, 0.05) is 10.5 Å². The molecule has 0 spiro atoms. The molecule has 1 aliphatic rings. The second kappa shape index (κ2) is 9.10. The Kier molecular flexibility index (Phi) is 6.58. The Morgan fingerprint density at radius 1 is 1.15 bits per heavy atom. The molecular formula is C21H27N2O2S+. The number of nitrogens with zero attached hydrogens (tertiary/aromatic N) is 1. The monoisotopic (exact) mass is 371 g/mol. The summed E-state index contributed by atoms with van der Waals surface area (Å²) in [5.41, 5.74) is 2.50. The van der Waals surface area contributed by atoms with E-state index in [0.29, 0.717) is 0 Å². The van der Waals surface area contributed by atoms with Crippen molar-refractivity contribution in [2.75, 3.05) is 39.0 Å². The predicted molar refractivity (Wildman–Crippen MR) is 106 cm³/mol. The summed E-state index contributed by atoms with van der Waals surface area (Å²) in [5, 5.41) is 0. The van der Waals surface area contributed by atoms with Gasteiger partial charge in [-0.05, 0) is 43.0 Å². The minimum absolute atomic E-state index is 0.0786. The summed E-state index contributed by atoms with van der Waals surface area (Å²) in [6.07, 6.45) is 2.10. The number of quaternary nitrogens is 1. The molecule has 1 saturated heterocycles. The van der Waals surface area contributed by atoms with E-state index in [0.717, 1.165) is 44.0 Å². The van der Waals surface area contributed by atoms with Crippen molar-refractivity contribution in [1.82, 2.24) is 4.90 Å². The van der Waals surface area contributed by atoms with E-state index in [9.17, 15) is 4.79 Å². The number of benzene rings is 2. The number of aryl methyl sites for hydroxylation is 1. The van der Waals surface area contributed by atoms with Crippen LogP contribution in [0, 0.1) is 6.92 Å². The first-order chi connectivity index (χ1) is 12.6. The van der Waals surface area contributed by atoms with Crippen molar-refractivity contribution in [2.45, 2.75) is 18.4 Å². The molecular weight excluding hydrogens is 344 g/mol. The van der Waals surface area contributed by atoms with E-state index in [2.05, 4.69) is 30.5 Å². The van der Waals surface area contributed by atoms with Gasteiger partial charge < -0.3 is 14.5 Å². The SMILES string of the molecule is CSc1ccc(C[NH+]2CCN(C(=O)COc3cccc(C)c3)CC2)cc1. The van der Waals surface area contributed by atoms with Crippen LogP contribution in [0.3, 0.4) is 0 Å². The molecule has 138 valence electrons. The van der Waals surface area contributed by atoms with Gasteiger partial charge >= 0.3 is 0 Å². The topological polar surface area (TPSA) is 34.0 Å². The average molecular weight is 372 g/mol. The summed E-state index contributed by atoms with van der Waals surface area (Å²) in [5.74, 6) is 0.839. The maximum absolute atomic E-state index is 12.4. The Morgan fingerprint density at radius 3 is 2.54 bits per heavy atom. The van der Waals surface area contributed by atoms with Crippen LogP contribution in [-0.2, 0) is 11.3 Å². The number of hydrogen-bond acceptors (Lipinski definition) is 3. The van der Waals surface area contributed by atoms with Gasteiger partial charge in [0.1, 0.15) is 12.3 Å². The predicted octanol–water partition coefficient (Wildman–Crippen LogP) is 2.02. The smallest absolute Gasteiger partial charge is 0.260 e. The van der Waals surface area contributed by atoms with Gasteiger partial charge in [-0.15, -0.1) is 11.8 Å². The van der Waals surface area contributed by atoms with Gasteiger partial charge in [-0.1, -0.05) is 24.3 Å². The average Bonchev–Trinajstić information content (AvgIpc) is 2.67. The molecule has 3 rings (SSSR count). The highest BCUT2D eigenvalue weighted by atomic mass is 32.2. The minimum Gasteiger partial charge on any atom is -0.484 e. The van der Waals surface area contributed by atoms with E-state index in [1.165, 1.54) is 15.4 Å². The highest BCUT2D eigenvalue weighted by molar-refractivity contribution is 7.98. The van der Waals surface area contributed by atoms with Crippen LogP contribution in [0.2, 0.25) is 0 Å². The van der Waals surface area contributed by atoms with Gasteiger partial charge in [0.2, 0.25) is 0 Å². The van der Waals surface area contributed by atoms with Crippen LogP contribution in [0.4, 0.5) is 0 Å². The number of thioether (sulfide) groups is 1. The Balaban J connectivity index is 1.43. The third kappa shape index (κ3) is 5.26. The van der Waals surface area contributed by atoms with Crippen LogP contribution in [0.25, 0.3) is 0 Å². The zero-order valence-electron chi connectivity index (χ0n) is 15.5. The molecule has 5 heteroatoms. The zero-order valence-corrected chi connectivity index (χ0v) is 16.3. The van der Waals surface area contributed by atoms with E-state index in [-0.39, 0.29) is 12.5 Å². The Morgan fingerprint density at radius 2 is 1.88 bits per heavy atom. The molecule has 0 radical (unpaired) electrons. The maximum atomic E-state index is 12.4. The summed E-state index contributed by atoms with van der Waals surface area (Å²) < 4.78 is 5.65. The molecule has 26 heavy (non-hydrogen) atoms. The Labute approximate surface area is 160 Å². The summed E-state index contributed by atoms with van der Waals surface area (Å²) in [6, 6.07) is 16.6. The number of amides is 1. The molecule has 0 atom stereocenters. The van der Waals surface area contributed by atoms with Crippen LogP contribution in [0.15, 0.2) is 53.4 Å². The second-order valence-electron chi connectivity index (χ2n) is 6.76. The van der Waals surface area contributed by atoms with Crippen LogP contribution < -0.4 is 9.64 Å². The lowest BCUT2D eigenvalue weighted by atomic mass is 10.2. The largest absolute Gasteiger partial charge is 0.484 e. The second-order valence-corrected chi connectivity index (χ2v) is 7.64. The summed E-state index contributed by atoms with van der Waals surface area (Å²) in [6.45, 7) is 6.74. The summed E-state index contributed by atoms with van der Waals surface area (Å²) in [7, 11) is 0. The zero-order chi connectivity index (χ0) is 18.4. The Bertz CT molecular complexity index is 725. The fraction of sp³-hybridized carbons (Fsp3) is 0.381. The number of hydrogen-bond donors (Lipinski definition) is 1. The molecule has 0 unspecified atom stereocenters. The van der Waals surface area contributed by atoms with Crippen LogP contribution in [0.1, 0.15) is 11.1 Å². The number of ether oxygens (including phenoxy) is 1. The van der Waals surface area contributed by atoms with E-state index >= 15 is 0 Å². The molecule has 0 aromatic heterocycles. The molecule has 1 aliphatic heterocycles. The first-order valence-electron chi connectivity index (χ1n) is 9.08. The minimum atomic E-state index is 0.0786. The van der Waals surface area contributed by atoms with E-state index in [4.69, 9.17) is 4.74 Å². The number of nitrogens with one attached hydrogen (secondary N) is 1. The molecule has 0 saturated carbocycles. The highest BCUT2D eigenvalue weighted by Crippen LogP contribution is 2.14. The quantitative estimate of drug-likeness (QED) is 0.789. The van der Waals surface area contributed by atoms with Gasteiger partial charge in [-0.3, -0.25) is 4.79 Å². The van der Waals surface area contributed by atoms with Crippen molar-refractivity contribution in [3.63, 3.8) is 0 Å². The van der Waals surface area contributed by atoms with Gasteiger partial charge in [0.05, 0.1) is 26.2 Å². The van der Waals surface area contributed by atoms with Gasteiger partial charge in [0.25, 0.3) is 5.91 Å². The fourth-order valence-corrected chi connectivity index (χ4v) is 3.63. The number of carbonyl (C=O) groups is 1. The summed E-state index contributed by atoms with van der Waals surface area (Å²) in [4.78, 5) is 17.1. The first kappa shape index (κ1) is 18.8. The fourth-order valence-electron chi connectivity index (χ4n) is 3.22. The third-order valence-corrected chi connectivity index (χ3v) is 5.53. The molecule has 4 nitrogen and oxygen atoms in total. The first-order valence-corrected chi connectivity index (χ1v) is 10.3. The standard InChI is InChI=1S/C21H26N2O2S/c1-17-4-3-5-19(14-17)25-16-21(24)23-12-10-22(11-13-23)15-18-6-8-20(26-2)9-7-18/h3-9,14H,10-13,15-16H2,1-2H3/p+1. The molecule has 2 aromatic rings. The van der Waals surface area contributed by atoms with Crippen molar-refractivity contribution in [2.24, 2.45) is 0 Å². The molecule has 1 amide bonds. The lowest BCUT2D eigenvalue weighted by Gasteiger charge is -2.32. The lowest BCUT2D eigenvalue weighted by Crippen LogP contribution is -3.13. The van der Waals surface area contributed by atoms with E-state index in [1.54, 1.807) is 11.8 Å². The van der Waals surface area contributed by atoms with Gasteiger partial charge in [-0.2, -0.15) is 0 Å². The van der Waals surface area contributed by atoms with Crippen LogP contribution in [-0.4, -0.2) is 49.8 Å². The number of rotatable bonds is 6. The van der Waals surface area contributed by atoms with Crippen molar-refractivity contribution in [3.8, 4) is 5.75 Å². The third-order valence-electron chi connectivity index (χ3n) is 4.79. The van der Waals surface area contributed by atoms with Crippen molar-refractivity contribution < 1.29 is 14.4 Å². The van der Waals surface area contributed by atoms with Crippen molar-refractivity contribution in [1.29, 1.82) is 0 Å². The molecule has 1 fully saturated rings. The highest BCUT2D eigenvalue weighted by Gasteiger charge is 2.24. The number of piperazine rings is 1. The normalized spacial score (nSPS) is 15.1. The van der Waals surface area contributed by atoms with Gasteiger partial charge in [0.15, 0.2) is 6.61 Å². The molecule has 1 N–H and O–H groups in total. The van der Waals surface area contributed by atoms with E-state index < -0.39 is 0 Å². The molecule has 0 bridgehead atoms. The number of carbonyl (C=O) groups excluding carboxylic acids is 1. The molecule has 0 aliphatic carbocycles. The van der Waals surface area contributed by atoms with Crippen molar-refractivity contribution >= 4 is 17.7 Å². The maximum Gasteiger partial charge on any atom is 0.260 e. The van der Waals surface area contributed by atoms with Crippen LogP contribution >= 0.6 is 11.8 Å². The van der Waals surface area contributed by atoms with E-state index in [1.807, 2.05) is 36.1 Å². The molecule has 1 heterocycles. The molecule has 2 aromatic carbocycles. The van der Waals surface area contributed by atoms with Crippen molar-refractivity contribution in [3.05, 3.63) is 59.7 Å². The lowest BCUT2D eigenvalue weighted by molar-refractivity contribution is -0.917. The van der Waals surface area contributed by atoms with Crippen LogP contribution in [0.5, 0.6) is 5.75 Å². The van der Waals surface area contributed by atoms with Gasteiger partial charge in [-0.25, -0.2) is 0 Å². The Hall–Kier alpha value is -1.98. The summed E-state index contributed by atoms with van der Waals surface area (Å²) >= 11 is 1.77.